The zero-order valence-electron chi connectivity index (χ0n) is 7.49. The molecule has 0 amide bonds. The van der Waals surface area contributed by atoms with E-state index in [-0.39, 0.29) is 5.25 Å². The molecule has 3 nitrogen and oxygen atoms in total. The molecule has 0 N–H and O–H groups in total. The first kappa shape index (κ1) is 10.9. The van der Waals surface area contributed by atoms with Crippen LogP contribution in [0.2, 0.25) is 0 Å². The van der Waals surface area contributed by atoms with Gasteiger partial charge in [0, 0.05) is 6.61 Å². The molecule has 0 rings (SSSR count). The Morgan fingerprint density at radius 3 is 2.00 bits per heavy atom. The summed E-state index contributed by atoms with van der Waals surface area (Å²) < 4.78 is 27.6. The van der Waals surface area contributed by atoms with Crippen molar-refractivity contribution in [1.82, 2.24) is 0 Å². The lowest BCUT2D eigenvalue weighted by Crippen LogP contribution is -2.28. The first-order valence-electron chi connectivity index (χ1n) is 3.77. The van der Waals surface area contributed by atoms with E-state index in [9.17, 15) is 8.42 Å². The monoisotopic (exact) mass is 180 g/mol. The average Bonchev–Trinajstić information content (AvgIpc) is 1.88. The highest BCUT2D eigenvalue weighted by atomic mass is 32.2. The van der Waals surface area contributed by atoms with Gasteiger partial charge in [-0.2, -0.15) is 0 Å². The van der Waals surface area contributed by atoms with Crippen LogP contribution in [0.15, 0.2) is 0 Å². The summed E-state index contributed by atoms with van der Waals surface area (Å²) in [6.07, 6.45) is 0. The minimum atomic E-state index is -3.06. The van der Waals surface area contributed by atoms with Crippen LogP contribution < -0.4 is 0 Å². The Kier molecular flexibility index (Phi) is 4.03. The van der Waals surface area contributed by atoms with Crippen LogP contribution in [0, 0.1) is 0 Å². The molecule has 0 aliphatic rings. The molecule has 11 heavy (non-hydrogen) atoms. The smallest absolute Gasteiger partial charge is 0.179 e. The van der Waals surface area contributed by atoms with E-state index in [2.05, 4.69) is 0 Å². The summed E-state index contributed by atoms with van der Waals surface area (Å²) in [6.45, 7) is 7.11. The van der Waals surface area contributed by atoms with Crippen molar-refractivity contribution < 1.29 is 13.2 Å². The van der Waals surface area contributed by atoms with E-state index in [0.29, 0.717) is 6.61 Å². The van der Waals surface area contributed by atoms with Gasteiger partial charge in [-0.25, -0.2) is 8.42 Å². The van der Waals surface area contributed by atoms with E-state index in [1.807, 2.05) is 0 Å². The summed E-state index contributed by atoms with van der Waals surface area (Å²) in [4.78, 5) is 0. The van der Waals surface area contributed by atoms with Gasteiger partial charge in [-0.05, 0) is 27.7 Å². The molecule has 4 heteroatoms. The fourth-order valence-electron chi connectivity index (χ4n) is 0.713. The van der Waals surface area contributed by atoms with E-state index < -0.39 is 15.3 Å². The molecule has 0 aliphatic heterocycles. The normalized spacial score (nSPS) is 15.4. The molecular weight excluding hydrogens is 164 g/mol. The van der Waals surface area contributed by atoms with Crippen molar-refractivity contribution in [3.05, 3.63) is 0 Å². The zero-order valence-corrected chi connectivity index (χ0v) is 8.31. The first-order chi connectivity index (χ1) is 4.92. The quantitative estimate of drug-likeness (QED) is 0.652. The Morgan fingerprint density at radius 2 is 1.73 bits per heavy atom. The van der Waals surface area contributed by atoms with Crippen molar-refractivity contribution >= 4 is 9.84 Å². The van der Waals surface area contributed by atoms with Gasteiger partial charge in [0.25, 0.3) is 0 Å². The summed E-state index contributed by atoms with van der Waals surface area (Å²) in [5.74, 6) is 0. The van der Waals surface area contributed by atoms with Crippen molar-refractivity contribution in [3.8, 4) is 0 Å². The largest absolute Gasteiger partial charge is 0.363 e. The van der Waals surface area contributed by atoms with Crippen LogP contribution in [0.3, 0.4) is 0 Å². The molecule has 0 bridgehead atoms. The van der Waals surface area contributed by atoms with Crippen molar-refractivity contribution in [1.29, 1.82) is 0 Å². The van der Waals surface area contributed by atoms with Gasteiger partial charge >= 0.3 is 0 Å². The number of hydrogen-bond donors (Lipinski definition) is 0. The summed E-state index contributed by atoms with van der Waals surface area (Å²) in [5.41, 5.74) is -0.674. The molecular formula is C7H16O3S. The predicted molar refractivity (Wildman–Crippen MR) is 45.1 cm³/mol. The number of ether oxygens (including phenoxy) is 1. The molecule has 1 unspecified atom stereocenters. The van der Waals surface area contributed by atoms with E-state index in [4.69, 9.17) is 4.74 Å². The maximum atomic E-state index is 11.3. The van der Waals surface area contributed by atoms with E-state index in [1.165, 1.54) is 0 Å². The van der Waals surface area contributed by atoms with E-state index >= 15 is 0 Å². The highest BCUT2D eigenvalue weighted by Crippen LogP contribution is 2.09. The van der Waals surface area contributed by atoms with Crippen LogP contribution in [0.5, 0.6) is 0 Å². The van der Waals surface area contributed by atoms with Crippen LogP contribution in [0.25, 0.3) is 0 Å². The van der Waals surface area contributed by atoms with Crippen molar-refractivity contribution in [2.75, 3.05) is 6.61 Å². The molecule has 1 atom stereocenters. The molecule has 0 fully saturated rings. The Hall–Kier alpha value is -0.0900. The molecule has 0 aromatic heterocycles. The highest BCUT2D eigenvalue weighted by Gasteiger charge is 2.24. The van der Waals surface area contributed by atoms with Crippen LogP contribution in [0.4, 0.5) is 0 Å². The third-order valence-electron chi connectivity index (χ3n) is 1.52. The van der Waals surface area contributed by atoms with Gasteiger partial charge in [0.15, 0.2) is 15.3 Å². The lowest BCUT2D eigenvalue weighted by Gasteiger charge is -2.14. The van der Waals surface area contributed by atoms with Gasteiger partial charge < -0.3 is 4.74 Å². The molecule has 0 saturated heterocycles. The minimum absolute atomic E-state index is 0.357. The summed E-state index contributed by atoms with van der Waals surface area (Å²) >= 11 is 0. The maximum absolute atomic E-state index is 11.3. The van der Waals surface area contributed by atoms with Gasteiger partial charge in [0.2, 0.25) is 0 Å². The predicted octanol–water partition coefficient (Wildman–Crippen LogP) is 1.19. The molecule has 0 aromatic rings. The van der Waals surface area contributed by atoms with Gasteiger partial charge in [-0.15, -0.1) is 0 Å². The van der Waals surface area contributed by atoms with Crippen LogP contribution in [-0.4, -0.2) is 25.7 Å². The zero-order chi connectivity index (χ0) is 9.07. The third-order valence-corrected chi connectivity index (χ3v) is 3.90. The summed E-state index contributed by atoms with van der Waals surface area (Å²) in [5, 5.41) is -0.357. The average molecular weight is 180 g/mol. The van der Waals surface area contributed by atoms with Gasteiger partial charge in [-0.3, -0.25) is 0 Å². The first-order valence-corrected chi connectivity index (χ1v) is 5.38. The van der Waals surface area contributed by atoms with Gasteiger partial charge in [0.1, 0.15) is 0 Å². The van der Waals surface area contributed by atoms with E-state index in [0.717, 1.165) is 0 Å². The Balaban J connectivity index is 4.32. The maximum Gasteiger partial charge on any atom is 0.179 e. The standard InChI is InChI=1S/C7H16O3S/c1-5-10-7(4)11(8,9)6(2)3/h6-7H,5H2,1-4H3. The van der Waals surface area contributed by atoms with Crippen LogP contribution in [-0.2, 0) is 14.6 Å². The Morgan fingerprint density at radius 1 is 1.27 bits per heavy atom. The van der Waals surface area contributed by atoms with Crippen LogP contribution in [0.1, 0.15) is 27.7 Å². The third kappa shape index (κ3) is 2.79. The summed E-state index contributed by atoms with van der Waals surface area (Å²) in [6, 6.07) is 0. The molecule has 0 saturated carbocycles. The second-order valence-corrected chi connectivity index (χ2v) is 5.45. The van der Waals surface area contributed by atoms with Crippen molar-refractivity contribution in [2.45, 2.75) is 38.4 Å². The molecule has 0 radical (unpaired) electrons. The lowest BCUT2D eigenvalue weighted by molar-refractivity contribution is 0.129. The van der Waals surface area contributed by atoms with Gasteiger partial charge in [-0.1, -0.05) is 0 Å². The Labute approximate surface area is 68.7 Å². The minimum Gasteiger partial charge on any atom is -0.363 e. The van der Waals surface area contributed by atoms with Crippen molar-refractivity contribution in [3.63, 3.8) is 0 Å². The molecule has 0 heterocycles. The highest BCUT2D eigenvalue weighted by molar-refractivity contribution is 7.92. The Bertz CT molecular complexity index is 194. The second kappa shape index (κ2) is 4.07. The fraction of sp³-hybridized carbons (Fsp3) is 1.00. The second-order valence-electron chi connectivity index (χ2n) is 2.66. The number of rotatable bonds is 4. The lowest BCUT2D eigenvalue weighted by atomic mass is 10.6. The number of sulfone groups is 1. The van der Waals surface area contributed by atoms with Crippen LogP contribution >= 0.6 is 0 Å². The number of hydrogen-bond acceptors (Lipinski definition) is 3. The van der Waals surface area contributed by atoms with Crippen molar-refractivity contribution in [2.24, 2.45) is 0 Å². The molecule has 68 valence electrons. The molecule has 0 aliphatic carbocycles. The topological polar surface area (TPSA) is 43.4 Å². The van der Waals surface area contributed by atoms with E-state index in [1.54, 1.807) is 27.7 Å². The summed E-state index contributed by atoms with van der Waals surface area (Å²) in [7, 11) is -3.06. The van der Waals surface area contributed by atoms with Gasteiger partial charge in [0.05, 0.1) is 5.25 Å². The molecule has 0 aromatic carbocycles. The molecule has 0 spiro atoms. The fourth-order valence-corrected chi connectivity index (χ4v) is 1.81. The SMILES string of the molecule is CCOC(C)S(=O)(=O)C(C)C.